The topological polar surface area (TPSA) is 58.6 Å². The zero-order valence-electron chi connectivity index (χ0n) is 14.0. The SMILES string of the molecule is C#CCOc1c(Br)cc(/C=C2/NC(=O)N(Cc3ccccc3)C2=O)cc1Br. The lowest BCUT2D eigenvalue weighted by Crippen LogP contribution is -2.30. The second-order valence-electron chi connectivity index (χ2n) is 5.67. The van der Waals surface area contributed by atoms with Crippen LogP contribution in [-0.2, 0) is 11.3 Å². The van der Waals surface area contributed by atoms with Crippen molar-refractivity contribution < 1.29 is 14.3 Å². The van der Waals surface area contributed by atoms with Crippen LogP contribution in [0.1, 0.15) is 11.1 Å². The fourth-order valence-corrected chi connectivity index (χ4v) is 4.01. The molecule has 2 aromatic rings. The third kappa shape index (κ3) is 4.41. The van der Waals surface area contributed by atoms with Crippen LogP contribution in [0.25, 0.3) is 6.08 Å². The van der Waals surface area contributed by atoms with Crippen molar-refractivity contribution in [3.05, 3.63) is 68.2 Å². The van der Waals surface area contributed by atoms with Gasteiger partial charge in [0, 0.05) is 0 Å². The summed E-state index contributed by atoms with van der Waals surface area (Å²) >= 11 is 6.85. The fourth-order valence-electron chi connectivity index (χ4n) is 2.56. The summed E-state index contributed by atoms with van der Waals surface area (Å²) in [5, 5.41) is 2.62. The summed E-state index contributed by atoms with van der Waals surface area (Å²) in [6, 6.07) is 12.5. The number of carbonyl (C=O) groups excluding carboxylic acids is 2. The van der Waals surface area contributed by atoms with Gasteiger partial charge in [0.25, 0.3) is 5.91 Å². The number of hydrogen-bond acceptors (Lipinski definition) is 3. The summed E-state index contributed by atoms with van der Waals surface area (Å²) in [7, 11) is 0. The molecular formula is C20H14Br2N2O3. The van der Waals surface area contributed by atoms with Crippen molar-refractivity contribution in [2.24, 2.45) is 0 Å². The third-order valence-electron chi connectivity index (χ3n) is 3.78. The molecule has 0 spiro atoms. The van der Waals surface area contributed by atoms with Gasteiger partial charge >= 0.3 is 6.03 Å². The Morgan fingerprint density at radius 3 is 2.44 bits per heavy atom. The van der Waals surface area contributed by atoms with E-state index in [9.17, 15) is 9.59 Å². The molecule has 1 aliphatic heterocycles. The van der Waals surface area contributed by atoms with Crippen LogP contribution < -0.4 is 10.1 Å². The standard InChI is InChI=1S/C20H14Br2N2O3/c1-2-8-27-18-15(21)9-14(10-16(18)22)11-17-19(25)24(20(26)23-17)12-13-6-4-3-5-7-13/h1,3-7,9-11H,8,12H2,(H,23,26)/b17-11+. The first-order chi connectivity index (χ1) is 13.0. The highest BCUT2D eigenvalue weighted by Gasteiger charge is 2.33. The average Bonchev–Trinajstić information content (AvgIpc) is 2.89. The van der Waals surface area contributed by atoms with E-state index in [1.807, 2.05) is 30.3 Å². The molecule has 3 amide bonds. The Kier molecular flexibility index (Phi) is 5.99. The van der Waals surface area contributed by atoms with Gasteiger partial charge in [0.1, 0.15) is 18.1 Å². The Hall–Kier alpha value is -2.56. The molecule has 1 fully saturated rings. The third-order valence-corrected chi connectivity index (χ3v) is 4.96. The van der Waals surface area contributed by atoms with Crippen molar-refractivity contribution in [2.45, 2.75) is 6.54 Å². The number of terminal acetylenes is 1. The van der Waals surface area contributed by atoms with Gasteiger partial charge < -0.3 is 10.1 Å². The number of hydrogen-bond donors (Lipinski definition) is 1. The largest absolute Gasteiger partial charge is 0.479 e. The number of rotatable bonds is 5. The molecule has 136 valence electrons. The van der Waals surface area contributed by atoms with Crippen molar-refractivity contribution in [1.29, 1.82) is 0 Å². The second kappa shape index (κ2) is 8.42. The van der Waals surface area contributed by atoms with E-state index < -0.39 is 6.03 Å². The van der Waals surface area contributed by atoms with Crippen molar-refractivity contribution in [3.8, 4) is 18.1 Å². The van der Waals surface area contributed by atoms with Gasteiger partial charge in [-0.2, -0.15) is 0 Å². The van der Waals surface area contributed by atoms with Gasteiger partial charge in [-0.1, -0.05) is 36.3 Å². The second-order valence-corrected chi connectivity index (χ2v) is 7.38. The molecule has 3 rings (SSSR count). The van der Waals surface area contributed by atoms with E-state index in [0.717, 1.165) is 5.56 Å². The van der Waals surface area contributed by atoms with Crippen LogP contribution in [0, 0.1) is 12.3 Å². The Balaban J connectivity index is 1.82. The number of nitrogens with zero attached hydrogens (tertiary/aromatic N) is 1. The molecule has 0 bridgehead atoms. The predicted octanol–water partition coefficient (Wildman–Crippen LogP) is 4.32. The number of benzene rings is 2. The molecule has 0 aromatic heterocycles. The van der Waals surface area contributed by atoms with Gasteiger partial charge in [-0.3, -0.25) is 9.69 Å². The Labute approximate surface area is 173 Å². The molecule has 2 aromatic carbocycles. The van der Waals surface area contributed by atoms with Crippen molar-refractivity contribution in [2.75, 3.05) is 6.61 Å². The molecule has 0 radical (unpaired) electrons. The first kappa shape index (κ1) is 19.2. The molecule has 0 unspecified atom stereocenters. The predicted molar refractivity (Wildman–Crippen MR) is 110 cm³/mol. The average molecular weight is 490 g/mol. The minimum absolute atomic E-state index is 0.140. The summed E-state index contributed by atoms with van der Waals surface area (Å²) in [6.07, 6.45) is 6.83. The van der Waals surface area contributed by atoms with Crippen LogP contribution in [0.4, 0.5) is 4.79 Å². The van der Waals surface area contributed by atoms with Crippen LogP contribution in [0.5, 0.6) is 5.75 Å². The Morgan fingerprint density at radius 1 is 1.15 bits per heavy atom. The number of halogens is 2. The number of urea groups is 1. The number of imide groups is 1. The van der Waals surface area contributed by atoms with Gasteiger partial charge in [-0.25, -0.2) is 4.79 Å². The van der Waals surface area contributed by atoms with E-state index in [1.54, 1.807) is 18.2 Å². The number of carbonyl (C=O) groups is 2. The van der Waals surface area contributed by atoms with E-state index in [4.69, 9.17) is 11.2 Å². The van der Waals surface area contributed by atoms with E-state index in [-0.39, 0.29) is 24.8 Å². The summed E-state index contributed by atoms with van der Waals surface area (Å²) in [4.78, 5) is 26.0. The van der Waals surface area contributed by atoms with E-state index in [2.05, 4.69) is 43.1 Å². The molecule has 7 heteroatoms. The maximum atomic E-state index is 12.6. The lowest BCUT2D eigenvalue weighted by molar-refractivity contribution is -0.123. The molecule has 0 atom stereocenters. The van der Waals surface area contributed by atoms with Gasteiger partial charge in [0.15, 0.2) is 0 Å². The normalized spacial score (nSPS) is 15.0. The minimum Gasteiger partial charge on any atom is -0.479 e. The number of nitrogens with one attached hydrogen (secondary N) is 1. The highest BCUT2D eigenvalue weighted by Crippen LogP contribution is 2.35. The highest BCUT2D eigenvalue weighted by molar-refractivity contribution is 9.11. The van der Waals surface area contributed by atoms with E-state index in [0.29, 0.717) is 20.3 Å². The van der Waals surface area contributed by atoms with Crippen LogP contribution in [0.15, 0.2) is 57.1 Å². The maximum Gasteiger partial charge on any atom is 0.329 e. The van der Waals surface area contributed by atoms with Crippen molar-refractivity contribution >= 4 is 49.9 Å². The number of amides is 3. The van der Waals surface area contributed by atoms with Crippen LogP contribution in [0.3, 0.4) is 0 Å². The molecule has 0 aliphatic carbocycles. The molecule has 1 aliphatic rings. The summed E-state index contributed by atoms with van der Waals surface area (Å²) < 4.78 is 6.82. The summed E-state index contributed by atoms with van der Waals surface area (Å²) in [5.74, 6) is 2.61. The summed E-state index contributed by atoms with van der Waals surface area (Å²) in [6.45, 7) is 0.357. The molecule has 27 heavy (non-hydrogen) atoms. The van der Waals surface area contributed by atoms with Crippen LogP contribution in [0.2, 0.25) is 0 Å². The minimum atomic E-state index is -0.442. The smallest absolute Gasteiger partial charge is 0.329 e. The van der Waals surface area contributed by atoms with Crippen molar-refractivity contribution in [3.63, 3.8) is 0 Å². The molecule has 1 heterocycles. The lowest BCUT2D eigenvalue weighted by Gasteiger charge is -2.11. The van der Waals surface area contributed by atoms with Crippen LogP contribution in [-0.4, -0.2) is 23.4 Å². The highest BCUT2D eigenvalue weighted by atomic mass is 79.9. The molecule has 5 nitrogen and oxygen atoms in total. The van der Waals surface area contributed by atoms with Gasteiger partial charge in [0.2, 0.25) is 0 Å². The van der Waals surface area contributed by atoms with Gasteiger partial charge in [0.05, 0.1) is 15.5 Å². The molecular weight excluding hydrogens is 476 g/mol. The molecule has 1 saturated heterocycles. The van der Waals surface area contributed by atoms with Crippen molar-refractivity contribution in [1.82, 2.24) is 10.2 Å². The van der Waals surface area contributed by atoms with Gasteiger partial charge in [-0.15, -0.1) is 6.42 Å². The first-order valence-electron chi connectivity index (χ1n) is 7.93. The maximum absolute atomic E-state index is 12.6. The zero-order chi connectivity index (χ0) is 19.4. The first-order valence-corrected chi connectivity index (χ1v) is 9.52. The Bertz CT molecular complexity index is 942. The molecule has 0 saturated carbocycles. The van der Waals surface area contributed by atoms with Crippen LogP contribution >= 0.6 is 31.9 Å². The molecule has 1 N–H and O–H groups in total. The zero-order valence-corrected chi connectivity index (χ0v) is 17.2. The fraction of sp³-hybridized carbons (Fsp3) is 0.100. The quantitative estimate of drug-likeness (QED) is 0.386. The lowest BCUT2D eigenvalue weighted by atomic mass is 10.1. The van der Waals surface area contributed by atoms with E-state index >= 15 is 0 Å². The van der Waals surface area contributed by atoms with E-state index in [1.165, 1.54) is 4.90 Å². The Morgan fingerprint density at radius 2 is 1.81 bits per heavy atom. The monoisotopic (exact) mass is 488 g/mol. The summed E-state index contributed by atoms with van der Waals surface area (Å²) in [5.41, 5.74) is 1.81. The van der Waals surface area contributed by atoms with Gasteiger partial charge in [-0.05, 0) is 61.2 Å². The number of ether oxygens (including phenoxy) is 1.